The fraction of sp³-hybridized carbons (Fsp3) is 0.760. The highest BCUT2D eigenvalue weighted by Gasteiger charge is 2.57. The van der Waals surface area contributed by atoms with E-state index < -0.39 is 104 Å². The lowest BCUT2D eigenvalue weighted by molar-refractivity contribution is -0.357. The van der Waals surface area contributed by atoms with Crippen LogP contribution in [0.5, 0.6) is 0 Å². The summed E-state index contributed by atoms with van der Waals surface area (Å²) in [5, 5.41) is 0. The molecule has 0 spiro atoms. The standard InChI is InChI=1S/C25H36O16/c1-10-18(35-12(3)27)20(22(38-15(6)30)24(32-8)34-10)41-25-23(39-16(7)31)21(37-14(5)29)19(36-13(4)28)17(40-25)9-33-11(2)26/h10,17-25H,9H2,1-8H3/t10-,17+,18-,19+,20+,21-,22+,23+,24+,25+/m0/s1. The van der Waals surface area contributed by atoms with E-state index in [4.69, 9.17) is 47.4 Å². The molecule has 2 heterocycles. The van der Waals surface area contributed by atoms with Gasteiger partial charge in [0, 0.05) is 48.7 Å². The van der Waals surface area contributed by atoms with E-state index in [0.717, 1.165) is 41.5 Å². The molecule has 0 bridgehead atoms. The Morgan fingerprint density at radius 3 is 1.44 bits per heavy atom. The smallest absolute Gasteiger partial charge is 0.303 e. The molecule has 2 saturated heterocycles. The predicted octanol–water partition coefficient (Wildman–Crippen LogP) is -0.291. The number of hydrogen-bond donors (Lipinski definition) is 0. The van der Waals surface area contributed by atoms with Crippen LogP contribution in [-0.2, 0) is 76.1 Å². The minimum Gasteiger partial charge on any atom is -0.463 e. The molecule has 2 rings (SSSR count). The van der Waals surface area contributed by atoms with Crippen molar-refractivity contribution in [2.24, 2.45) is 0 Å². The maximum atomic E-state index is 12.1. The third-order valence-electron chi connectivity index (χ3n) is 5.80. The van der Waals surface area contributed by atoms with Crippen LogP contribution >= 0.6 is 0 Å². The Labute approximate surface area is 236 Å². The molecule has 0 aliphatic carbocycles. The van der Waals surface area contributed by atoms with Gasteiger partial charge in [0.2, 0.25) is 0 Å². The van der Waals surface area contributed by atoms with Crippen molar-refractivity contribution in [1.29, 1.82) is 0 Å². The molecule has 41 heavy (non-hydrogen) atoms. The van der Waals surface area contributed by atoms with Gasteiger partial charge in [0.1, 0.15) is 18.8 Å². The van der Waals surface area contributed by atoms with Gasteiger partial charge in [-0.2, -0.15) is 0 Å². The highest BCUT2D eigenvalue weighted by atomic mass is 16.8. The Balaban J connectivity index is 2.63. The number of esters is 6. The van der Waals surface area contributed by atoms with Crippen LogP contribution in [0.1, 0.15) is 48.5 Å². The summed E-state index contributed by atoms with van der Waals surface area (Å²) in [5.74, 6) is -4.69. The third kappa shape index (κ3) is 9.62. The number of ether oxygens (including phenoxy) is 10. The number of methoxy groups -OCH3 is 1. The van der Waals surface area contributed by atoms with Gasteiger partial charge in [-0.15, -0.1) is 0 Å². The molecule has 2 fully saturated rings. The molecule has 0 saturated carbocycles. The minimum atomic E-state index is -1.65. The van der Waals surface area contributed by atoms with Crippen LogP contribution in [-0.4, -0.2) is 111 Å². The average Bonchev–Trinajstić information content (AvgIpc) is 2.83. The summed E-state index contributed by atoms with van der Waals surface area (Å²) >= 11 is 0. The second-order valence-electron chi connectivity index (χ2n) is 9.26. The highest BCUT2D eigenvalue weighted by molar-refractivity contribution is 5.69. The summed E-state index contributed by atoms with van der Waals surface area (Å²) < 4.78 is 55.3. The van der Waals surface area contributed by atoms with E-state index in [1.54, 1.807) is 6.92 Å². The van der Waals surface area contributed by atoms with Gasteiger partial charge in [0.25, 0.3) is 0 Å². The van der Waals surface area contributed by atoms with Crippen molar-refractivity contribution in [2.45, 2.75) is 110 Å². The van der Waals surface area contributed by atoms with Crippen molar-refractivity contribution in [3.8, 4) is 0 Å². The van der Waals surface area contributed by atoms with Gasteiger partial charge >= 0.3 is 35.8 Å². The minimum absolute atomic E-state index is 0.497. The molecule has 2 aliphatic heterocycles. The summed E-state index contributed by atoms with van der Waals surface area (Å²) in [6.07, 6.45) is -13.5. The molecular formula is C25H36O16. The fourth-order valence-electron chi connectivity index (χ4n) is 4.44. The summed E-state index contributed by atoms with van der Waals surface area (Å²) in [6, 6.07) is 0. The number of carbonyl (C=O) groups excluding carboxylic acids is 6. The van der Waals surface area contributed by atoms with E-state index in [2.05, 4.69) is 0 Å². The Kier molecular flexibility index (Phi) is 12.4. The Morgan fingerprint density at radius 1 is 0.537 bits per heavy atom. The average molecular weight is 593 g/mol. The summed E-state index contributed by atoms with van der Waals surface area (Å²) in [4.78, 5) is 71.8. The van der Waals surface area contributed by atoms with Crippen LogP contribution in [0.15, 0.2) is 0 Å². The quantitative estimate of drug-likeness (QED) is 0.237. The molecule has 0 aromatic rings. The van der Waals surface area contributed by atoms with Gasteiger partial charge in [-0.3, -0.25) is 28.8 Å². The molecule has 0 aromatic heterocycles. The van der Waals surface area contributed by atoms with Gasteiger partial charge in [0.05, 0.1) is 6.10 Å². The first kappa shape index (κ1) is 33.9. The van der Waals surface area contributed by atoms with Crippen LogP contribution < -0.4 is 0 Å². The molecule has 0 unspecified atom stereocenters. The van der Waals surface area contributed by atoms with Gasteiger partial charge in [0.15, 0.2) is 43.1 Å². The van der Waals surface area contributed by atoms with E-state index >= 15 is 0 Å². The zero-order chi connectivity index (χ0) is 31.0. The summed E-state index contributed by atoms with van der Waals surface area (Å²) in [7, 11) is 1.28. The molecular weight excluding hydrogens is 556 g/mol. The van der Waals surface area contributed by atoms with Crippen molar-refractivity contribution >= 4 is 35.8 Å². The van der Waals surface area contributed by atoms with Gasteiger partial charge in [-0.05, 0) is 6.92 Å². The van der Waals surface area contributed by atoms with E-state index in [9.17, 15) is 28.8 Å². The summed E-state index contributed by atoms with van der Waals surface area (Å²) in [6.45, 7) is 7.66. The number of hydrogen-bond acceptors (Lipinski definition) is 16. The fourth-order valence-corrected chi connectivity index (χ4v) is 4.44. The molecule has 0 aromatic carbocycles. The molecule has 16 heteroatoms. The first-order chi connectivity index (χ1) is 19.1. The Hall–Kier alpha value is -3.34. The van der Waals surface area contributed by atoms with Crippen molar-refractivity contribution in [1.82, 2.24) is 0 Å². The monoisotopic (exact) mass is 592 g/mol. The lowest BCUT2D eigenvalue weighted by Gasteiger charge is -2.48. The maximum absolute atomic E-state index is 12.1. The van der Waals surface area contributed by atoms with Crippen molar-refractivity contribution in [2.75, 3.05) is 13.7 Å². The first-order valence-corrected chi connectivity index (χ1v) is 12.6. The van der Waals surface area contributed by atoms with Crippen LogP contribution in [0, 0.1) is 0 Å². The van der Waals surface area contributed by atoms with Crippen molar-refractivity contribution in [3.05, 3.63) is 0 Å². The second-order valence-corrected chi connectivity index (χ2v) is 9.26. The van der Waals surface area contributed by atoms with E-state index in [0.29, 0.717) is 0 Å². The molecule has 2 aliphatic rings. The molecule has 10 atom stereocenters. The van der Waals surface area contributed by atoms with Crippen LogP contribution in [0.25, 0.3) is 0 Å². The summed E-state index contributed by atoms with van der Waals surface area (Å²) in [5.41, 5.74) is 0. The highest BCUT2D eigenvalue weighted by Crippen LogP contribution is 2.35. The first-order valence-electron chi connectivity index (χ1n) is 12.6. The molecule has 16 nitrogen and oxygen atoms in total. The molecule has 0 radical (unpaired) electrons. The number of rotatable bonds is 10. The van der Waals surface area contributed by atoms with Crippen LogP contribution in [0.4, 0.5) is 0 Å². The topological polar surface area (TPSA) is 195 Å². The zero-order valence-corrected chi connectivity index (χ0v) is 24.0. The van der Waals surface area contributed by atoms with E-state index in [1.165, 1.54) is 7.11 Å². The predicted molar refractivity (Wildman–Crippen MR) is 129 cm³/mol. The SMILES string of the molecule is CO[C@@H]1O[C@@H](C)[C@H](OC(C)=O)[C@@H](O[C@H]2O[C@H](COC(C)=O)[C@@H](OC(C)=O)[C@H](OC(C)=O)[C@H]2OC(C)=O)[C@H]1OC(C)=O. The van der Waals surface area contributed by atoms with Crippen molar-refractivity contribution < 1.29 is 76.1 Å². The number of carbonyl (C=O) groups is 6. The molecule has 0 N–H and O–H groups in total. The third-order valence-corrected chi connectivity index (χ3v) is 5.80. The van der Waals surface area contributed by atoms with Gasteiger partial charge < -0.3 is 47.4 Å². The molecule has 232 valence electrons. The van der Waals surface area contributed by atoms with Crippen LogP contribution in [0.2, 0.25) is 0 Å². The Bertz CT molecular complexity index is 981. The Morgan fingerprint density at radius 2 is 0.976 bits per heavy atom. The maximum Gasteiger partial charge on any atom is 0.303 e. The second kappa shape index (κ2) is 15.0. The van der Waals surface area contributed by atoms with Crippen molar-refractivity contribution in [3.63, 3.8) is 0 Å². The lowest BCUT2D eigenvalue weighted by Crippen LogP contribution is -2.66. The van der Waals surface area contributed by atoms with Gasteiger partial charge in [-0.25, -0.2) is 0 Å². The lowest BCUT2D eigenvalue weighted by atomic mass is 9.96. The van der Waals surface area contributed by atoms with Gasteiger partial charge in [-0.1, -0.05) is 0 Å². The molecule has 0 amide bonds. The largest absolute Gasteiger partial charge is 0.463 e. The zero-order valence-electron chi connectivity index (χ0n) is 24.0. The normalized spacial score (nSPS) is 33.1. The van der Waals surface area contributed by atoms with E-state index in [-0.39, 0.29) is 0 Å². The van der Waals surface area contributed by atoms with Crippen LogP contribution in [0.3, 0.4) is 0 Å². The van der Waals surface area contributed by atoms with E-state index in [1.807, 2.05) is 0 Å².